The van der Waals surface area contributed by atoms with Crippen LogP contribution in [-0.4, -0.2) is 16.9 Å². The van der Waals surface area contributed by atoms with Crippen LogP contribution in [0.1, 0.15) is 45.0 Å². The average Bonchev–Trinajstić information content (AvgIpc) is 3.13. The summed E-state index contributed by atoms with van der Waals surface area (Å²) in [6, 6.07) is 5.46. The van der Waals surface area contributed by atoms with Gasteiger partial charge in [-0.05, 0) is 31.4 Å². The van der Waals surface area contributed by atoms with Gasteiger partial charge in [0.05, 0.1) is 0 Å². The maximum Gasteiger partial charge on any atom is 0.267 e. The Balaban J connectivity index is 1.63. The molecule has 0 fully saturated rings. The van der Waals surface area contributed by atoms with Crippen molar-refractivity contribution >= 4 is 0 Å². The molecule has 0 radical (unpaired) electrons. The van der Waals surface area contributed by atoms with Crippen LogP contribution in [0, 0.1) is 5.92 Å². The smallest absolute Gasteiger partial charge is 0.267 e. The maximum atomic E-state index is 5.83. The Hall–Kier alpha value is -2.24. The normalized spacial score (nSPS) is 14.4. The zero-order valence-electron chi connectivity index (χ0n) is 13.0. The summed E-state index contributed by atoms with van der Waals surface area (Å²) >= 11 is 0. The second kappa shape index (κ2) is 6.25. The quantitative estimate of drug-likeness (QED) is 0.813. The number of hydrogen-bond donors (Lipinski definition) is 0. The van der Waals surface area contributed by atoms with Crippen molar-refractivity contribution in [3.8, 4) is 17.2 Å². The molecule has 0 aliphatic carbocycles. The van der Waals surface area contributed by atoms with E-state index in [-0.39, 0.29) is 12.9 Å². The van der Waals surface area contributed by atoms with Gasteiger partial charge >= 0.3 is 0 Å². The van der Waals surface area contributed by atoms with Gasteiger partial charge in [0, 0.05) is 12.5 Å². The van der Waals surface area contributed by atoms with Gasteiger partial charge in [0.25, 0.3) is 5.89 Å². The second-order valence-electron chi connectivity index (χ2n) is 5.76. The third kappa shape index (κ3) is 3.32. The Morgan fingerprint density at radius 2 is 2.00 bits per heavy atom. The summed E-state index contributed by atoms with van der Waals surface area (Å²) in [5.74, 6) is 3.92. The van der Waals surface area contributed by atoms with Gasteiger partial charge in [-0.3, -0.25) is 0 Å². The van der Waals surface area contributed by atoms with Gasteiger partial charge in [-0.15, -0.1) is 0 Å². The first-order valence-electron chi connectivity index (χ1n) is 7.50. The average molecular weight is 304 g/mol. The summed E-state index contributed by atoms with van der Waals surface area (Å²) in [7, 11) is 0. The Kier molecular flexibility index (Phi) is 4.18. The lowest BCUT2D eigenvalue weighted by Gasteiger charge is -2.11. The van der Waals surface area contributed by atoms with Gasteiger partial charge in [0.2, 0.25) is 6.79 Å². The van der Waals surface area contributed by atoms with Gasteiger partial charge in [-0.2, -0.15) is 4.98 Å². The maximum absolute atomic E-state index is 5.83. The van der Waals surface area contributed by atoms with Crippen molar-refractivity contribution in [1.82, 2.24) is 10.1 Å². The number of aromatic nitrogens is 2. The van der Waals surface area contributed by atoms with Gasteiger partial charge in [0.15, 0.2) is 23.4 Å². The fourth-order valence-corrected chi connectivity index (χ4v) is 2.16. The number of aryl methyl sites for hydroxylation is 1. The molecular formula is C16H20N2O4. The molecule has 6 nitrogen and oxygen atoms in total. The number of nitrogens with zero attached hydrogens (tertiary/aromatic N) is 2. The summed E-state index contributed by atoms with van der Waals surface area (Å²) in [6.45, 7) is 6.47. The van der Waals surface area contributed by atoms with E-state index in [4.69, 9.17) is 18.7 Å². The van der Waals surface area contributed by atoms with Crippen LogP contribution in [0.15, 0.2) is 22.7 Å². The van der Waals surface area contributed by atoms with Crippen LogP contribution < -0.4 is 14.2 Å². The highest BCUT2D eigenvalue weighted by molar-refractivity contribution is 5.46. The molecule has 3 rings (SSSR count). The second-order valence-corrected chi connectivity index (χ2v) is 5.76. The molecule has 0 bridgehead atoms. The summed E-state index contributed by atoms with van der Waals surface area (Å²) < 4.78 is 21.7. The molecule has 0 saturated carbocycles. The van der Waals surface area contributed by atoms with Crippen molar-refractivity contribution in [3.05, 3.63) is 29.9 Å². The molecule has 22 heavy (non-hydrogen) atoms. The van der Waals surface area contributed by atoms with E-state index in [0.717, 1.165) is 24.4 Å². The fourth-order valence-electron chi connectivity index (χ4n) is 2.16. The number of benzene rings is 1. The molecule has 1 unspecified atom stereocenters. The molecule has 1 atom stereocenters. The van der Waals surface area contributed by atoms with Gasteiger partial charge in [0.1, 0.15) is 5.75 Å². The molecule has 118 valence electrons. The molecule has 1 aliphatic rings. The van der Waals surface area contributed by atoms with Crippen molar-refractivity contribution in [2.24, 2.45) is 5.92 Å². The van der Waals surface area contributed by atoms with Gasteiger partial charge in [-0.25, -0.2) is 0 Å². The van der Waals surface area contributed by atoms with Crippen molar-refractivity contribution in [1.29, 1.82) is 0 Å². The summed E-state index contributed by atoms with van der Waals surface area (Å²) in [5.41, 5.74) is 0. The van der Waals surface area contributed by atoms with E-state index in [1.807, 2.05) is 19.1 Å². The van der Waals surface area contributed by atoms with Gasteiger partial charge < -0.3 is 18.7 Å². The van der Waals surface area contributed by atoms with E-state index in [9.17, 15) is 0 Å². The molecule has 1 aromatic carbocycles. The first-order valence-corrected chi connectivity index (χ1v) is 7.50. The Morgan fingerprint density at radius 3 is 2.82 bits per heavy atom. The van der Waals surface area contributed by atoms with Crippen LogP contribution in [0.2, 0.25) is 0 Å². The van der Waals surface area contributed by atoms with Crippen LogP contribution in [-0.2, 0) is 6.42 Å². The van der Waals surface area contributed by atoms with E-state index >= 15 is 0 Å². The largest absolute Gasteiger partial charge is 0.481 e. The summed E-state index contributed by atoms with van der Waals surface area (Å²) in [4.78, 5) is 4.39. The molecule has 0 amide bonds. The number of ether oxygens (including phenoxy) is 3. The molecule has 2 heterocycles. The van der Waals surface area contributed by atoms with Crippen LogP contribution in [0.5, 0.6) is 17.2 Å². The summed E-state index contributed by atoms with van der Waals surface area (Å²) in [6.07, 6.45) is 1.54. The van der Waals surface area contributed by atoms with E-state index in [0.29, 0.717) is 23.3 Å². The molecule has 2 aromatic rings. The van der Waals surface area contributed by atoms with Crippen LogP contribution in [0.3, 0.4) is 0 Å². The minimum absolute atomic E-state index is 0.247. The topological polar surface area (TPSA) is 66.6 Å². The molecule has 0 N–H and O–H groups in total. The third-order valence-electron chi connectivity index (χ3n) is 3.43. The van der Waals surface area contributed by atoms with Crippen LogP contribution in [0.4, 0.5) is 0 Å². The minimum atomic E-state index is -0.319. The Morgan fingerprint density at radius 1 is 1.18 bits per heavy atom. The standard InChI is InChI=1S/C16H20N2O4/c1-10(2)4-7-15-17-16(22-18-15)11(3)21-12-5-6-13-14(8-12)20-9-19-13/h5-6,8,10-11H,4,7,9H2,1-3H3. The molecule has 0 saturated heterocycles. The van der Waals surface area contributed by atoms with Crippen molar-refractivity contribution in [3.63, 3.8) is 0 Å². The predicted octanol–water partition coefficient (Wildman–Crippen LogP) is 3.53. The van der Waals surface area contributed by atoms with Crippen molar-refractivity contribution in [2.45, 2.75) is 39.7 Å². The number of rotatable bonds is 6. The van der Waals surface area contributed by atoms with Crippen molar-refractivity contribution < 1.29 is 18.7 Å². The zero-order chi connectivity index (χ0) is 15.5. The number of hydrogen-bond acceptors (Lipinski definition) is 6. The van der Waals surface area contributed by atoms with E-state index < -0.39 is 0 Å². The third-order valence-corrected chi connectivity index (χ3v) is 3.43. The van der Waals surface area contributed by atoms with Crippen molar-refractivity contribution in [2.75, 3.05) is 6.79 Å². The van der Waals surface area contributed by atoms with Crippen LogP contribution in [0.25, 0.3) is 0 Å². The van der Waals surface area contributed by atoms with Gasteiger partial charge in [-0.1, -0.05) is 19.0 Å². The first kappa shape index (κ1) is 14.7. The zero-order valence-corrected chi connectivity index (χ0v) is 13.0. The highest BCUT2D eigenvalue weighted by Crippen LogP contribution is 2.36. The molecule has 0 spiro atoms. The molecular weight excluding hydrogens is 284 g/mol. The van der Waals surface area contributed by atoms with E-state index in [1.54, 1.807) is 6.07 Å². The SMILES string of the molecule is CC(C)CCc1noc(C(C)Oc2ccc3c(c2)OCO3)n1. The Labute approximate surface area is 129 Å². The first-order chi connectivity index (χ1) is 10.6. The highest BCUT2D eigenvalue weighted by atomic mass is 16.7. The lowest BCUT2D eigenvalue weighted by Crippen LogP contribution is -2.04. The molecule has 1 aliphatic heterocycles. The minimum Gasteiger partial charge on any atom is -0.481 e. The lowest BCUT2D eigenvalue weighted by molar-refractivity contribution is 0.170. The predicted molar refractivity (Wildman–Crippen MR) is 79.1 cm³/mol. The monoisotopic (exact) mass is 304 g/mol. The number of fused-ring (bicyclic) bond motifs is 1. The summed E-state index contributed by atoms with van der Waals surface area (Å²) in [5, 5.41) is 4.00. The molecule has 1 aromatic heterocycles. The van der Waals surface area contributed by atoms with Crippen LogP contribution >= 0.6 is 0 Å². The fraction of sp³-hybridized carbons (Fsp3) is 0.500. The Bertz CT molecular complexity index is 639. The highest BCUT2D eigenvalue weighted by Gasteiger charge is 2.19. The molecule has 6 heteroatoms. The lowest BCUT2D eigenvalue weighted by atomic mass is 10.1. The van der Waals surface area contributed by atoms with E-state index in [2.05, 4.69) is 24.0 Å². The van der Waals surface area contributed by atoms with E-state index in [1.165, 1.54) is 0 Å².